The maximum absolute atomic E-state index is 11.5. The molecule has 3 rings (SSSR count). The number of carbonyl (C=O) groups is 1. The third-order valence-corrected chi connectivity index (χ3v) is 4.28. The standard InChI is InChI=1S/C13H18N2O3/c1-8-5-10(14-18-8)7-15-6-9-3-2-4-11(9)12(15)13(16)17/h5,9,11-12H,2-4,6-7H2,1H3,(H,16,17). The Morgan fingerprint density at radius 3 is 3.11 bits per heavy atom. The van der Waals surface area contributed by atoms with Crippen molar-refractivity contribution in [2.24, 2.45) is 11.8 Å². The van der Waals surface area contributed by atoms with Crippen molar-refractivity contribution in [3.63, 3.8) is 0 Å². The van der Waals surface area contributed by atoms with Gasteiger partial charge >= 0.3 is 5.97 Å². The van der Waals surface area contributed by atoms with E-state index in [-0.39, 0.29) is 6.04 Å². The van der Waals surface area contributed by atoms with Gasteiger partial charge in [0.2, 0.25) is 0 Å². The van der Waals surface area contributed by atoms with Crippen molar-refractivity contribution in [1.29, 1.82) is 0 Å². The Balaban J connectivity index is 1.77. The molecule has 2 fully saturated rings. The van der Waals surface area contributed by atoms with Gasteiger partial charge in [-0.05, 0) is 31.6 Å². The minimum atomic E-state index is -0.690. The summed E-state index contributed by atoms with van der Waals surface area (Å²) in [5.41, 5.74) is 0.832. The number of aliphatic carboxylic acids is 1. The summed E-state index contributed by atoms with van der Waals surface area (Å²) in [6.07, 6.45) is 3.40. The van der Waals surface area contributed by atoms with Gasteiger partial charge in [-0.2, -0.15) is 0 Å². The van der Waals surface area contributed by atoms with Crippen LogP contribution in [0.4, 0.5) is 0 Å². The first-order valence-corrected chi connectivity index (χ1v) is 6.54. The summed E-state index contributed by atoms with van der Waals surface area (Å²) in [6.45, 7) is 3.32. The Labute approximate surface area is 106 Å². The van der Waals surface area contributed by atoms with Crippen LogP contribution in [-0.2, 0) is 11.3 Å². The summed E-state index contributed by atoms with van der Waals surface area (Å²) >= 11 is 0. The molecule has 3 unspecified atom stereocenters. The van der Waals surface area contributed by atoms with E-state index in [0.717, 1.165) is 24.4 Å². The summed E-state index contributed by atoms with van der Waals surface area (Å²) in [7, 11) is 0. The molecule has 5 heteroatoms. The summed E-state index contributed by atoms with van der Waals surface area (Å²) < 4.78 is 5.04. The van der Waals surface area contributed by atoms with Crippen LogP contribution in [0.3, 0.4) is 0 Å². The van der Waals surface area contributed by atoms with Gasteiger partial charge in [-0.15, -0.1) is 0 Å². The quantitative estimate of drug-likeness (QED) is 0.883. The highest BCUT2D eigenvalue weighted by Crippen LogP contribution is 2.42. The first-order chi connectivity index (χ1) is 8.65. The molecule has 2 heterocycles. The smallest absolute Gasteiger partial charge is 0.321 e. The van der Waals surface area contributed by atoms with E-state index in [1.165, 1.54) is 12.8 Å². The number of hydrogen-bond donors (Lipinski definition) is 1. The molecule has 2 aliphatic rings. The molecule has 1 aliphatic heterocycles. The van der Waals surface area contributed by atoms with Crippen LogP contribution in [0.2, 0.25) is 0 Å². The molecule has 3 atom stereocenters. The average Bonchev–Trinajstić information content (AvgIpc) is 2.93. The average molecular weight is 250 g/mol. The second kappa shape index (κ2) is 4.39. The Morgan fingerprint density at radius 2 is 2.44 bits per heavy atom. The van der Waals surface area contributed by atoms with Crippen LogP contribution in [0.25, 0.3) is 0 Å². The van der Waals surface area contributed by atoms with E-state index in [1.54, 1.807) is 0 Å². The van der Waals surface area contributed by atoms with Crippen molar-refractivity contribution < 1.29 is 14.4 Å². The van der Waals surface area contributed by atoms with Crippen molar-refractivity contribution in [3.05, 3.63) is 17.5 Å². The maximum Gasteiger partial charge on any atom is 0.321 e. The number of aromatic nitrogens is 1. The summed E-state index contributed by atoms with van der Waals surface area (Å²) in [4.78, 5) is 13.5. The number of carboxylic acid groups (broad SMARTS) is 1. The zero-order valence-electron chi connectivity index (χ0n) is 10.5. The summed E-state index contributed by atoms with van der Waals surface area (Å²) in [5, 5.41) is 13.4. The van der Waals surface area contributed by atoms with Gasteiger partial charge in [0.1, 0.15) is 11.8 Å². The second-order valence-electron chi connectivity index (χ2n) is 5.50. The third-order valence-electron chi connectivity index (χ3n) is 4.28. The van der Waals surface area contributed by atoms with Crippen LogP contribution in [0, 0.1) is 18.8 Å². The van der Waals surface area contributed by atoms with E-state index in [4.69, 9.17) is 4.52 Å². The number of fused-ring (bicyclic) bond motifs is 1. The van der Waals surface area contributed by atoms with Crippen LogP contribution >= 0.6 is 0 Å². The molecule has 1 N–H and O–H groups in total. The van der Waals surface area contributed by atoms with Gasteiger partial charge in [0.15, 0.2) is 0 Å². The molecule has 0 spiro atoms. The van der Waals surface area contributed by atoms with Crippen molar-refractivity contribution in [1.82, 2.24) is 10.1 Å². The van der Waals surface area contributed by atoms with E-state index in [2.05, 4.69) is 5.16 Å². The van der Waals surface area contributed by atoms with Crippen LogP contribution < -0.4 is 0 Å². The highest BCUT2D eigenvalue weighted by atomic mass is 16.5. The first-order valence-electron chi connectivity index (χ1n) is 6.54. The van der Waals surface area contributed by atoms with E-state index in [1.807, 2.05) is 17.9 Å². The Morgan fingerprint density at radius 1 is 1.61 bits per heavy atom. The zero-order valence-corrected chi connectivity index (χ0v) is 10.5. The lowest BCUT2D eigenvalue weighted by Gasteiger charge is -2.22. The Hall–Kier alpha value is -1.36. The fourth-order valence-corrected chi connectivity index (χ4v) is 3.60. The van der Waals surface area contributed by atoms with Crippen molar-refractivity contribution in [2.45, 2.75) is 38.8 Å². The fraction of sp³-hybridized carbons (Fsp3) is 0.692. The fourth-order valence-electron chi connectivity index (χ4n) is 3.60. The predicted molar refractivity (Wildman–Crippen MR) is 63.9 cm³/mol. The number of nitrogens with zero attached hydrogens (tertiary/aromatic N) is 2. The molecule has 1 aliphatic carbocycles. The number of carboxylic acids is 1. The van der Waals surface area contributed by atoms with Gasteiger partial charge in [-0.1, -0.05) is 11.6 Å². The van der Waals surface area contributed by atoms with Crippen LogP contribution in [0.5, 0.6) is 0 Å². The van der Waals surface area contributed by atoms with Gasteiger partial charge < -0.3 is 9.63 Å². The largest absolute Gasteiger partial charge is 0.480 e. The molecule has 1 saturated carbocycles. The van der Waals surface area contributed by atoms with Crippen LogP contribution in [0.15, 0.2) is 10.6 Å². The number of hydrogen-bond acceptors (Lipinski definition) is 4. The monoisotopic (exact) mass is 250 g/mol. The SMILES string of the molecule is Cc1cc(CN2CC3CCCC3C2C(=O)O)no1. The highest BCUT2D eigenvalue weighted by Gasteiger charge is 2.47. The van der Waals surface area contributed by atoms with Crippen LogP contribution in [-0.4, -0.2) is 33.7 Å². The van der Waals surface area contributed by atoms with Gasteiger partial charge in [-0.25, -0.2) is 0 Å². The Bertz CT molecular complexity index is 457. The minimum absolute atomic E-state index is 0.329. The van der Waals surface area contributed by atoms with E-state index < -0.39 is 5.97 Å². The minimum Gasteiger partial charge on any atom is -0.480 e. The molecule has 98 valence electrons. The first kappa shape index (κ1) is 11.7. The molecule has 1 aromatic rings. The molecule has 0 amide bonds. The van der Waals surface area contributed by atoms with Crippen molar-refractivity contribution >= 4 is 5.97 Å². The molecular weight excluding hydrogens is 232 g/mol. The topological polar surface area (TPSA) is 66.6 Å². The molecule has 0 radical (unpaired) electrons. The van der Waals surface area contributed by atoms with Crippen molar-refractivity contribution in [2.75, 3.05) is 6.54 Å². The zero-order chi connectivity index (χ0) is 12.7. The van der Waals surface area contributed by atoms with E-state index >= 15 is 0 Å². The lowest BCUT2D eigenvalue weighted by molar-refractivity contribution is -0.143. The number of likely N-dealkylation sites (tertiary alicyclic amines) is 1. The lowest BCUT2D eigenvalue weighted by atomic mass is 9.94. The van der Waals surface area contributed by atoms with Crippen LogP contribution in [0.1, 0.15) is 30.7 Å². The molecule has 0 aromatic carbocycles. The van der Waals surface area contributed by atoms with Gasteiger partial charge in [0.25, 0.3) is 0 Å². The number of rotatable bonds is 3. The van der Waals surface area contributed by atoms with Gasteiger partial charge in [0, 0.05) is 19.2 Å². The number of aryl methyl sites for hydroxylation is 1. The second-order valence-corrected chi connectivity index (χ2v) is 5.50. The third kappa shape index (κ3) is 1.92. The van der Waals surface area contributed by atoms with Gasteiger partial charge in [-0.3, -0.25) is 9.69 Å². The highest BCUT2D eigenvalue weighted by molar-refractivity contribution is 5.74. The predicted octanol–water partition coefficient (Wildman–Crippen LogP) is 1.67. The summed E-state index contributed by atoms with van der Waals surface area (Å²) in [6, 6.07) is 1.54. The maximum atomic E-state index is 11.5. The van der Waals surface area contributed by atoms with Crippen molar-refractivity contribution in [3.8, 4) is 0 Å². The molecule has 5 nitrogen and oxygen atoms in total. The molecular formula is C13H18N2O3. The van der Waals surface area contributed by atoms with E-state index in [0.29, 0.717) is 18.4 Å². The lowest BCUT2D eigenvalue weighted by Crippen LogP contribution is -2.39. The normalized spacial score (nSPS) is 31.7. The molecule has 1 aromatic heterocycles. The van der Waals surface area contributed by atoms with Gasteiger partial charge in [0.05, 0.1) is 5.69 Å². The van der Waals surface area contributed by atoms with E-state index in [9.17, 15) is 9.90 Å². The Kier molecular flexibility index (Phi) is 2.86. The molecule has 1 saturated heterocycles. The summed E-state index contributed by atoms with van der Waals surface area (Å²) in [5.74, 6) is 0.968. The molecule has 18 heavy (non-hydrogen) atoms. The molecule has 0 bridgehead atoms.